The third-order valence-electron chi connectivity index (χ3n) is 2.96. The van der Waals surface area contributed by atoms with Crippen LogP contribution in [-0.4, -0.2) is 14.6 Å². The van der Waals surface area contributed by atoms with E-state index in [1.165, 1.54) is 17.5 Å². The number of hydrogen-bond donors (Lipinski definition) is 1. The predicted molar refractivity (Wildman–Crippen MR) is 69.1 cm³/mol. The molecule has 0 aliphatic carbocycles. The van der Waals surface area contributed by atoms with Crippen molar-refractivity contribution < 1.29 is 26.3 Å². The lowest BCUT2D eigenvalue weighted by Crippen LogP contribution is -2.20. The topological polar surface area (TPSA) is 50.2 Å². The fourth-order valence-corrected chi connectivity index (χ4v) is 2.81. The highest BCUT2D eigenvalue weighted by atomic mass is 32.1. The zero-order chi connectivity index (χ0) is 17.0. The van der Waals surface area contributed by atoms with Gasteiger partial charge in [0.2, 0.25) is 0 Å². The average molecular weight is 353 g/mol. The number of nitrogens with zero attached hydrogens (tertiary/aromatic N) is 2. The molecule has 0 amide bonds. The normalized spacial score (nSPS) is 13.0. The summed E-state index contributed by atoms with van der Waals surface area (Å²) in [6.45, 7) is 0. The summed E-state index contributed by atoms with van der Waals surface area (Å²) < 4.78 is 78.1. The van der Waals surface area contributed by atoms with Gasteiger partial charge in [0.25, 0.3) is 5.56 Å². The minimum absolute atomic E-state index is 0.0438. The molecule has 0 saturated heterocycles. The van der Waals surface area contributed by atoms with Crippen molar-refractivity contribution in [1.29, 1.82) is 0 Å². The Labute approximate surface area is 127 Å². The zero-order valence-corrected chi connectivity index (χ0v) is 11.6. The van der Waals surface area contributed by atoms with Gasteiger partial charge in [-0.1, -0.05) is 6.07 Å². The van der Waals surface area contributed by atoms with Crippen molar-refractivity contribution in [1.82, 2.24) is 14.6 Å². The number of alkyl halides is 6. The molecule has 4 nitrogen and oxygen atoms in total. The van der Waals surface area contributed by atoms with Crippen molar-refractivity contribution in [3.63, 3.8) is 0 Å². The zero-order valence-electron chi connectivity index (χ0n) is 10.8. The quantitative estimate of drug-likeness (QED) is 0.677. The number of aromatic amines is 1. The highest BCUT2D eigenvalue weighted by molar-refractivity contribution is 7.13. The summed E-state index contributed by atoms with van der Waals surface area (Å²) in [5.41, 5.74) is -5.47. The smallest absolute Gasteiger partial charge is 0.284 e. The van der Waals surface area contributed by atoms with E-state index in [2.05, 4.69) is 4.98 Å². The van der Waals surface area contributed by atoms with Crippen LogP contribution in [0, 0.1) is 0 Å². The van der Waals surface area contributed by atoms with Gasteiger partial charge < -0.3 is 0 Å². The molecule has 3 heterocycles. The number of rotatable bonds is 1. The largest absolute Gasteiger partial charge is 0.433 e. The Balaban J connectivity index is 2.45. The molecule has 0 unspecified atom stereocenters. The first kappa shape index (κ1) is 15.6. The van der Waals surface area contributed by atoms with E-state index < -0.39 is 40.5 Å². The van der Waals surface area contributed by atoms with Crippen LogP contribution in [0.25, 0.3) is 16.1 Å². The first-order valence-corrected chi connectivity index (χ1v) is 6.81. The van der Waals surface area contributed by atoms with Gasteiger partial charge in [0.1, 0.15) is 5.69 Å². The van der Waals surface area contributed by atoms with Crippen LogP contribution in [0.2, 0.25) is 0 Å². The summed E-state index contributed by atoms with van der Waals surface area (Å²) in [6.07, 6.45) is -9.84. The monoisotopic (exact) mass is 353 g/mol. The van der Waals surface area contributed by atoms with E-state index in [-0.39, 0.29) is 10.9 Å². The number of H-pyrrole nitrogens is 1. The van der Waals surface area contributed by atoms with E-state index >= 15 is 0 Å². The average Bonchev–Trinajstić information content (AvgIpc) is 3.02. The molecule has 3 rings (SSSR count). The molecular weight excluding hydrogens is 348 g/mol. The molecule has 0 spiro atoms. The Morgan fingerprint density at radius 1 is 1.13 bits per heavy atom. The maximum Gasteiger partial charge on any atom is 0.433 e. The summed E-state index contributed by atoms with van der Waals surface area (Å²) >= 11 is 0.888. The van der Waals surface area contributed by atoms with Gasteiger partial charge in [0.05, 0.1) is 5.56 Å². The van der Waals surface area contributed by atoms with Crippen molar-refractivity contribution >= 4 is 17.0 Å². The van der Waals surface area contributed by atoms with Gasteiger partial charge in [-0.25, -0.2) is 9.50 Å². The summed E-state index contributed by atoms with van der Waals surface area (Å²) in [4.78, 5) is 15.0. The Hall–Kier alpha value is -2.30. The molecular formula is C12H5F6N3OS. The second-order valence-corrected chi connectivity index (χ2v) is 5.42. The third kappa shape index (κ3) is 2.60. The molecule has 0 aromatic carbocycles. The first-order valence-electron chi connectivity index (χ1n) is 5.93. The Kier molecular flexibility index (Phi) is 3.29. The number of halogens is 6. The van der Waals surface area contributed by atoms with Crippen molar-refractivity contribution in [3.05, 3.63) is 45.3 Å². The molecule has 0 atom stereocenters. The number of fused-ring (bicyclic) bond motifs is 1. The van der Waals surface area contributed by atoms with Gasteiger partial charge in [-0.15, -0.1) is 11.3 Å². The third-order valence-corrected chi connectivity index (χ3v) is 3.84. The van der Waals surface area contributed by atoms with Gasteiger partial charge >= 0.3 is 12.4 Å². The first-order chi connectivity index (χ1) is 10.6. The van der Waals surface area contributed by atoms with Crippen LogP contribution in [0.5, 0.6) is 0 Å². The molecule has 3 aromatic rings. The number of hydrogen-bond acceptors (Lipinski definition) is 3. The molecule has 0 saturated carbocycles. The standard InChI is InChI=1S/C12H5F6N3OS/c13-11(14,15)6-4-7(22)21-10(19-6)8(5-2-1-3-23-5)9(20-21)12(16,17)18/h1-4,20H. The number of aromatic nitrogens is 3. The lowest BCUT2D eigenvalue weighted by atomic mass is 10.2. The second-order valence-electron chi connectivity index (χ2n) is 4.47. The summed E-state index contributed by atoms with van der Waals surface area (Å²) in [6, 6.07) is 2.88. The molecule has 0 fully saturated rings. The molecule has 1 N–H and O–H groups in total. The molecule has 23 heavy (non-hydrogen) atoms. The van der Waals surface area contributed by atoms with Crippen LogP contribution < -0.4 is 5.56 Å². The van der Waals surface area contributed by atoms with E-state index in [1.807, 2.05) is 0 Å². The van der Waals surface area contributed by atoms with Gasteiger partial charge in [0.15, 0.2) is 11.3 Å². The Bertz CT molecular complexity index is 919. The summed E-state index contributed by atoms with van der Waals surface area (Å²) in [5, 5.41) is 3.26. The van der Waals surface area contributed by atoms with Gasteiger partial charge in [0, 0.05) is 10.9 Å². The summed E-state index contributed by atoms with van der Waals surface area (Å²) in [7, 11) is 0. The fourth-order valence-electron chi connectivity index (χ4n) is 2.04. The maximum absolute atomic E-state index is 13.2. The van der Waals surface area contributed by atoms with Crippen LogP contribution in [0.1, 0.15) is 11.4 Å². The van der Waals surface area contributed by atoms with Crippen molar-refractivity contribution in [2.45, 2.75) is 12.4 Å². The van der Waals surface area contributed by atoms with Crippen LogP contribution in [0.4, 0.5) is 26.3 Å². The molecule has 0 aliphatic heterocycles. The van der Waals surface area contributed by atoms with Crippen molar-refractivity contribution in [2.24, 2.45) is 0 Å². The van der Waals surface area contributed by atoms with Crippen molar-refractivity contribution in [3.8, 4) is 10.4 Å². The molecule has 0 bridgehead atoms. The van der Waals surface area contributed by atoms with Crippen molar-refractivity contribution in [2.75, 3.05) is 0 Å². The van der Waals surface area contributed by atoms with Gasteiger partial charge in [-0.05, 0) is 11.4 Å². The predicted octanol–water partition coefficient (Wildman–Crippen LogP) is 3.79. The second kappa shape index (κ2) is 4.85. The minimum Gasteiger partial charge on any atom is -0.284 e. The number of nitrogens with one attached hydrogen (secondary N) is 1. The molecule has 3 aromatic heterocycles. The Morgan fingerprint density at radius 3 is 2.35 bits per heavy atom. The molecule has 122 valence electrons. The molecule has 0 aliphatic rings. The molecule has 11 heteroatoms. The lowest BCUT2D eigenvalue weighted by Gasteiger charge is -2.06. The van der Waals surface area contributed by atoms with E-state index in [9.17, 15) is 31.1 Å². The molecule has 0 radical (unpaired) electrons. The van der Waals surface area contributed by atoms with Crippen LogP contribution in [0.3, 0.4) is 0 Å². The Morgan fingerprint density at radius 2 is 1.83 bits per heavy atom. The van der Waals surface area contributed by atoms with Gasteiger partial charge in [-0.3, -0.25) is 9.89 Å². The fraction of sp³-hybridized carbons (Fsp3) is 0.167. The number of thiophene rings is 1. The van der Waals surface area contributed by atoms with E-state index in [0.717, 1.165) is 11.3 Å². The van der Waals surface area contributed by atoms with E-state index in [0.29, 0.717) is 4.52 Å². The van der Waals surface area contributed by atoms with Crippen LogP contribution in [-0.2, 0) is 12.4 Å². The van der Waals surface area contributed by atoms with Gasteiger partial charge in [-0.2, -0.15) is 26.3 Å². The highest BCUT2D eigenvalue weighted by Gasteiger charge is 2.40. The van der Waals surface area contributed by atoms with Crippen LogP contribution >= 0.6 is 11.3 Å². The van der Waals surface area contributed by atoms with E-state index in [1.54, 1.807) is 5.10 Å². The SMILES string of the molecule is O=c1cc(C(F)(F)F)nc2c(-c3cccs3)c(C(F)(F)F)[nH]n12. The lowest BCUT2D eigenvalue weighted by molar-refractivity contribution is -0.141. The highest BCUT2D eigenvalue weighted by Crippen LogP contribution is 2.40. The minimum atomic E-state index is -4.95. The van der Waals surface area contributed by atoms with Crippen LogP contribution in [0.15, 0.2) is 28.4 Å². The van der Waals surface area contributed by atoms with E-state index in [4.69, 9.17) is 0 Å². The summed E-state index contributed by atoms with van der Waals surface area (Å²) in [5.74, 6) is 0. The maximum atomic E-state index is 13.2.